The van der Waals surface area contributed by atoms with Crippen molar-refractivity contribution in [1.82, 2.24) is 0 Å². The van der Waals surface area contributed by atoms with Crippen LogP contribution in [-0.2, 0) is 9.47 Å². The Kier molecular flexibility index (Phi) is 10.8. The second-order valence-electron chi connectivity index (χ2n) is 12.9. The van der Waals surface area contributed by atoms with Crippen LogP contribution in [0, 0.1) is 58.4 Å². The molecule has 0 bridgehead atoms. The molecule has 2 aliphatic carbocycles. The first-order valence-electron chi connectivity index (χ1n) is 16.2. The van der Waals surface area contributed by atoms with Crippen molar-refractivity contribution in [3.63, 3.8) is 0 Å². The van der Waals surface area contributed by atoms with E-state index in [1.54, 1.807) is 6.07 Å². The topological polar surface area (TPSA) is 51.5 Å². The number of nitrogens with zero attached hydrogens (tertiary/aromatic N) is 1. The molecule has 2 saturated carbocycles. The van der Waals surface area contributed by atoms with E-state index in [0.29, 0.717) is 48.6 Å². The van der Waals surface area contributed by atoms with Gasteiger partial charge in [-0.3, -0.25) is 0 Å². The molecule has 2 aromatic carbocycles. The summed E-state index contributed by atoms with van der Waals surface area (Å²) >= 11 is 0. The first kappa shape index (κ1) is 32.7. The Balaban J connectivity index is 1.09. The predicted octanol–water partition coefficient (Wildman–Crippen LogP) is 9.80. The summed E-state index contributed by atoms with van der Waals surface area (Å²) in [5.41, 5.74) is -0.994. The SMILES string of the molecule is CCCCCC1COC(C2CCC(C3CCC(C(F)(F)Oc4cc(F)c(-c5ccc(C#N)c(F)c5)c(F)c4)CC3)CC2)OC1. The summed E-state index contributed by atoms with van der Waals surface area (Å²) in [6.45, 7) is 3.75. The standard InChI is InChI=1S/C35H42F5NO3/c1-2-3-4-5-22-20-42-34(43-21-22)25-8-6-23(7-9-25)24-12-14-28(15-13-24)35(39,40)44-29-17-31(37)33(32(38)18-29)26-10-11-27(19-41)30(36)16-26/h10-11,16-18,22-25,28,34H,2-9,12-15,20-21H2,1H3. The average Bonchev–Trinajstić information content (AvgIpc) is 3.01. The van der Waals surface area contributed by atoms with Crippen molar-refractivity contribution in [2.45, 2.75) is 96.4 Å². The minimum atomic E-state index is -3.59. The van der Waals surface area contributed by atoms with Crippen LogP contribution in [0.25, 0.3) is 11.1 Å². The lowest BCUT2D eigenvalue weighted by Gasteiger charge is -2.41. The Hall–Kier alpha value is -2.70. The predicted molar refractivity (Wildman–Crippen MR) is 156 cm³/mol. The lowest BCUT2D eigenvalue weighted by Crippen LogP contribution is -2.40. The zero-order chi connectivity index (χ0) is 31.3. The van der Waals surface area contributed by atoms with Crippen LogP contribution in [0.15, 0.2) is 30.3 Å². The highest BCUT2D eigenvalue weighted by molar-refractivity contribution is 5.67. The molecule has 44 heavy (non-hydrogen) atoms. The zero-order valence-electron chi connectivity index (χ0n) is 25.3. The molecule has 0 aromatic heterocycles. The highest BCUT2D eigenvalue weighted by atomic mass is 19.3. The van der Waals surface area contributed by atoms with E-state index in [0.717, 1.165) is 57.5 Å². The van der Waals surface area contributed by atoms with E-state index in [1.165, 1.54) is 25.3 Å². The summed E-state index contributed by atoms with van der Waals surface area (Å²) in [6.07, 6.45) is 7.15. The molecular formula is C35H42F5NO3. The molecule has 3 fully saturated rings. The maximum absolute atomic E-state index is 15.2. The van der Waals surface area contributed by atoms with Gasteiger partial charge in [0.2, 0.25) is 0 Å². The first-order valence-corrected chi connectivity index (χ1v) is 16.2. The molecule has 1 saturated heterocycles. The van der Waals surface area contributed by atoms with Crippen LogP contribution in [0.2, 0.25) is 0 Å². The smallest absolute Gasteiger partial charge is 0.400 e. The maximum Gasteiger partial charge on any atom is 0.400 e. The van der Waals surface area contributed by atoms with E-state index in [9.17, 15) is 13.2 Å². The Labute approximate surface area is 256 Å². The second-order valence-corrected chi connectivity index (χ2v) is 12.9. The fourth-order valence-corrected chi connectivity index (χ4v) is 7.38. The van der Waals surface area contributed by atoms with Crippen LogP contribution in [0.5, 0.6) is 5.75 Å². The van der Waals surface area contributed by atoms with Gasteiger partial charge in [0.15, 0.2) is 6.29 Å². The first-order chi connectivity index (χ1) is 21.2. The lowest BCUT2D eigenvalue weighted by atomic mass is 9.69. The third-order valence-electron chi connectivity index (χ3n) is 9.97. The van der Waals surface area contributed by atoms with Crippen molar-refractivity contribution in [2.75, 3.05) is 13.2 Å². The maximum atomic E-state index is 15.2. The summed E-state index contributed by atoms with van der Waals surface area (Å²) in [6, 6.07) is 6.16. The fourth-order valence-electron chi connectivity index (χ4n) is 7.38. The number of halogens is 5. The van der Waals surface area contributed by atoms with E-state index in [-0.39, 0.29) is 30.3 Å². The number of hydrogen-bond acceptors (Lipinski definition) is 4. The third kappa shape index (κ3) is 7.74. The van der Waals surface area contributed by atoms with Crippen molar-refractivity contribution in [2.24, 2.45) is 29.6 Å². The minimum absolute atomic E-state index is 0.126. The molecule has 240 valence electrons. The van der Waals surface area contributed by atoms with Crippen LogP contribution in [-0.4, -0.2) is 25.6 Å². The van der Waals surface area contributed by atoms with Gasteiger partial charge in [0, 0.05) is 24.0 Å². The summed E-state index contributed by atoms with van der Waals surface area (Å²) in [4.78, 5) is 0. The summed E-state index contributed by atoms with van der Waals surface area (Å²) in [5, 5.41) is 8.87. The van der Waals surface area contributed by atoms with E-state index in [1.807, 2.05) is 0 Å². The number of ether oxygens (including phenoxy) is 3. The molecule has 0 amide bonds. The van der Waals surface area contributed by atoms with E-state index < -0.39 is 40.8 Å². The van der Waals surface area contributed by atoms with Crippen molar-refractivity contribution >= 4 is 0 Å². The molecule has 0 N–H and O–H groups in total. The van der Waals surface area contributed by atoms with E-state index in [4.69, 9.17) is 19.5 Å². The normalized spacial score (nSPS) is 27.9. The van der Waals surface area contributed by atoms with Crippen molar-refractivity contribution < 1.29 is 36.2 Å². The molecule has 9 heteroatoms. The average molecular weight is 620 g/mol. The van der Waals surface area contributed by atoms with Crippen LogP contribution >= 0.6 is 0 Å². The Morgan fingerprint density at radius 3 is 1.98 bits per heavy atom. The number of unbranched alkanes of at least 4 members (excludes halogenated alkanes) is 2. The molecule has 3 aliphatic rings. The van der Waals surface area contributed by atoms with Crippen LogP contribution in [0.1, 0.15) is 89.5 Å². The number of alkyl halides is 2. The van der Waals surface area contributed by atoms with Crippen LogP contribution in [0.3, 0.4) is 0 Å². The molecule has 0 atom stereocenters. The summed E-state index contributed by atoms with van der Waals surface area (Å²) in [5.74, 6) is -3.17. The quantitative estimate of drug-likeness (QED) is 0.196. The minimum Gasteiger partial charge on any atom is -0.432 e. The highest BCUT2D eigenvalue weighted by Gasteiger charge is 2.45. The molecule has 0 radical (unpaired) electrons. The van der Waals surface area contributed by atoms with E-state index in [2.05, 4.69) is 6.92 Å². The summed E-state index contributed by atoms with van der Waals surface area (Å²) < 4.78 is 91.1. The monoisotopic (exact) mass is 619 g/mol. The molecule has 0 spiro atoms. The largest absolute Gasteiger partial charge is 0.432 e. The van der Waals surface area contributed by atoms with Crippen LogP contribution < -0.4 is 4.74 Å². The van der Waals surface area contributed by atoms with Gasteiger partial charge in [0.05, 0.1) is 30.3 Å². The molecular weight excluding hydrogens is 577 g/mol. The molecule has 4 nitrogen and oxygen atoms in total. The Morgan fingerprint density at radius 1 is 0.818 bits per heavy atom. The van der Waals surface area contributed by atoms with Gasteiger partial charge in [-0.1, -0.05) is 32.3 Å². The molecule has 1 heterocycles. The molecule has 2 aromatic rings. The van der Waals surface area contributed by atoms with Gasteiger partial charge in [0.25, 0.3) is 0 Å². The second kappa shape index (κ2) is 14.6. The Bertz CT molecular complexity index is 1270. The molecule has 0 unspecified atom stereocenters. The molecule has 5 rings (SSSR count). The number of rotatable bonds is 10. The van der Waals surface area contributed by atoms with Crippen molar-refractivity contribution in [1.29, 1.82) is 5.26 Å². The van der Waals surface area contributed by atoms with Crippen molar-refractivity contribution in [3.05, 3.63) is 53.3 Å². The highest BCUT2D eigenvalue weighted by Crippen LogP contribution is 2.46. The van der Waals surface area contributed by atoms with Gasteiger partial charge >= 0.3 is 6.11 Å². The van der Waals surface area contributed by atoms with Crippen LogP contribution in [0.4, 0.5) is 22.0 Å². The van der Waals surface area contributed by atoms with Gasteiger partial charge in [0.1, 0.15) is 29.3 Å². The van der Waals surface area contributed by atoms with Gasteiger partial charge in [-0.15, -0.1) is 0 Å². The number of hydrogen-bond donors (Lipinski definition) is 0. The molecule has 1 aliphatic heterocycles. The van der Waals surface area contributed by atoms with E-state index >= 15 is 8.78 Å². The van der Waals surface area contributed by atoms with Gasteiger partial charge in [-0.2, -0.15) is 14.0 Å². The van der Waals surface area contributed by atoms with Gasteiger partial charge in [-0.05, 0) is 87.3 Å². The zero-order valence-corrected chi connectivity index (χ0v) is 25.3. The number of nitriles is 1. The van der Waals surface area contributed by atoms with Gasteiger partial charge < -0.3 is 14.2 Å². The fraction of sp³-hybridized carbons (Fsp3) is 0.629. The summed E-state index contributed by atoms with van der Waals surface area (Å²) in [7, 11) is 0. The number of benzene rings is 2. The third-order valence-corrected chi connectivity index (χ3v) is 9.97. The Morgan fingerprint density at radius 2 is 1.41 bits per heavy atom. The van der Waals surface area contributed by atoms with Gasteiger partial charge in [-0.25, -0.2) is 13.2 Å². The lowest BCUT2D eigenvalue weighted by molar-refractivity contribution is -0.232. The van der Waals surface area contributed by atoms with Crippen molar-refractivity contribution in [3.8, 4) is 22.9 Å².